The van der Waals surface area contributed by atoms with Gasteiger partial charge in [0.25, 0.3) is 0 Å². The van der Waals surface area contributed by atoms with Crippen LogP contribution in [0.25, 0.3) is 0 Å². The molecule has 0 amide bonds. The van der Waals surface area contributed by atoms with E-state index in [9.17, 15) is 0 Å². The fourth-order valence-corrected chi connectivity index (χ4v) is 4.80. The molecule has 3 atom stereocenters. The third kappa shape index (κ3) is 2.22. The zero-order valence-corrected chi connectivity index (χ0v) is 13.8. The summed E-state index contributed by atoms with van der Waals surface area (Å²) in [5.41, 5.74) is 0.871. The number of hydrogen-bond donors (Lipinski definition) is 0. The van der Waals surface area contributed by atoms with E-state index in [0.717, 1.165) is 49.9 Å². The van der Waals surface area contributed by atoms with Gasteiger partial charge in [-0.05, 0) is 36.0 Å². The molecule has 3 heteroatoms. The highest BCUT2D eigenvalue weighted by molar-refractivity contribution is 5.11. The summed E-state index contributed by atoms with van der Waals surface area (Å²) in [6, 6.07) is 0. The van der Waals surface area contributed by atoms with Crippen molar-refractivity contribution < 1.29 is 14.0 Å². The van der Waals surface area contributed by atoms with Crippen LogP contribution in [0.4, 0.5) is 0 Å². The standard InChI is InChI=1S/C17H32NO2/c1-16(2)14-5-6-17(16,3)15(13-14)20-12-9-18(4)7-10-19-11-8-18/h14-15H,5-13H2,1-4H3/q+1/t14-,15-,17+/m0/s1. The molecule has 1 heterocycles. The van der Waals surface area contributed by atoms with Crippen LogP contribution in [0, 0.1) is 16.7 Å². The summed E-state index contributed by atoms with van der Waals surface area (Å²) in [5.74, 6) is 0.880. The van der Waals surface area contributed by atoms with E-state index < -0.39 is 0 Å². The molecule has 3 rings (SSSR count). The highest BCUT2D eigenvalue weighted by Crippen LogP contribution is 2.66. The van der Waals surface area contributed by atoms with Gasteiger partial charge in [0.1, 0.15) is 19.6 Å². The highest BCUT2D eigenvalue weighted by atomic mass is 16.5. The summed E-state index contributed by atoms with van der Waals surface area (Å²) in [5, 5.41) is 0. The second kappa shape index (κ2) is 4.96. The van der Waals surface area contributed by atoms with E-state index in [1.54, 1.807) is 0 Å². The molecule has 0 radical (unpaired) electrons. The Morgan fingerprint density at radius 2 is 1.90 bits per heavy atom. The average molecular weight is 282 g/mol. The predicted octanol–water partition coefficient (Wildman–Crippen LogP) is 2.69. The van der Waals surface area contributed by atoms with E-state index in [0.29, 0.717) is 16.9 Å². The van der Waals surface area contributed by atoms with Crippen LogP contribution in [0.5, 0.6) is 0 Å². The molecule has 1 saturated heterocycles. The monoisotopic (exact) mass is 282 g/mol. The topological polar surface area (TPSA) is 18.5 Å². The minimum Gasteiger partial charge on any atom is -0.372 e. The van der Waals surface area contributed by atoms with Crippen LogP contribution >= 0.6 is 0 Å². The lowest BCUT2D eigenvalue weighted by molar-refractivity contribution is -0.917. The Morgan fingerprint density at radius 3 is 2.45 bits per heavy atom. The first-order valence-corrected chi connectivity index (χ1v) is 8.40. The maximum Gasteiger partial charge on any atom is 0.102 e. The number of morpholine rings is 1. The molecule has 1 aliphatic heterocycles. The molecule has 3 nitrogen and oxygen atoms in total. The minimum atomic E-state index is 0.404. The highest BCUT2D eigenvalue weighted by Gasteiger charge is 2.61. The summed E-state index contributed by atoms with van der Waals surface area (Å²) in [6.07, 6.45) is 4.55. The Bertz CT molecular complexity index is 362. The van der Waals surface area contributed by atoms with E-state index in [4.69, 9.17) is 9.47 Å². The Kier molecular flexibility index (Phi) is 3.67. The van der Waals surface area contributed by atoms with Gasteiger partial charge in [0.15, 0.2) is 0 Å². The lowest BCUT2D eigenvalue weighted by Gasteiger charge is -2.40. The maximum absolute atomic E-state index is 6.39. The summed E-state index contributed by atoms with van der Waals surface area (Å²) in [6.45, 7) is 13.5. The Labute approximate surface area is 124 Å². The molecule has 20 heavy (non-hydrogen) atoms. The molecule has 0 aromatic carbocycles. The third-order valence-corrected chi connectivity index (χ3v) is 7.22. The molecular weight excluding hydrogens is 250 g/mol. The van der Waals surface area contributed by atoms with Crippen molar-refractivity contribution in [1.82, 2.24) is 0 Å². The van der Waals surface area contributed by atoms with Crippen LogP contribution in [0.2, 0.25) is 0 Å². The molecule has 2 bridgehead atoms. The van der Waals surface area contributed by atoms with Gasteiger partial charge in [0, 0.05) is 0 Å². The Morgan fingerprint density at radius 1 is 1.20 bits per heavy atom. The van der Waals surface area contributed by atoms with Crippen molar-refractivity contribution in [1.29, 1.82) is 0 Å². The first kappa shape index (κ1) is 14.8. The molecule has 2 saturated carbocycles. The molecule has 0 N–H and O–H groups in total. The number of hydrogen-bond acceptors (Lipinski definition) is 2. The zero-order valence-electron chi connectivity index (χ0n) is 13.8. The van der Waals surface area contributed by atoms with Gasteiger partial charge in [-0.3, -0.25) is 0 Å². The Balaban J connectivity index is 1.53. The van der Waals surface area contributed by atoms with Crippen LogP contribution in [0.15, 0.2) is 0 Å². The van der Waals surface area contributed by atoms with Crippen molar-refractivity contribution in [3.63, 3.8) is 0 Å². The lowest BCUT2D eigenvalue weighted by Crippen LogP contribution is -2.53. The molecule has 0 aromatic rings. The van der Waals surface area contributed by atoms with Gasteiger partial charge in [0.05, 0.1) is 33.0 Å². The largest absolute Gasteiger partial charge is 0.372 e. The van der Waals surface area contributed by atoms with Gasteiger partial charge in [-0.1, -0.05) is 20.8 Å². The molecular formula is C17H32NO2+. The summed E-state index contributed by atoms with van der Waals surface area (Å²) >= 11 is 0. The second-order valence-electron chi connectivity index (χ2n) is 8.37. The van der Waals surface area contributed by atoms with Crippen molar-refractivity contribution in [3.8, 4) is 0 Å². The van der Waals surface area contributed by atoms with E-state index in [1.165, 1.54) is 19.3 Å². The van der Waals surface area contributed by atoms with Gasteiger partial charge < -0.3 is 14.0 Å². The molecule has 3 aliphatic rings. The minimum absolute atomic E-state index is 0.404. The number of nitrogens with zero attached hydrogens (tertiary/aromatic N) is 1. The normalized spacial score (nSPS) is 42.0. The smallest absolute Gasteiger partial charge is 0.102 e. The Hall–Kier alpha value is -0.120. The summed E-state index contributed by atoms with van der Waals surface area (Å²) in [4.78, 5) is 0. The molecule has 0 unspecified atom stereocenters. The maximum atomic E-state index is 6.39. The zero-order chi connectivity index (χ0) is 14.4. The number of fused-ring (bicyclic) bond motifs is 2. The van der Waals surface area contributed by atoms with Crippen molar-refractivity contribution in [2.45, 2.75) is 46.1 Å². The number of rotatable bonds is 4. The first-order chi connectivity index (χ1) is 9.37. The quantitative estimate of drug-likeness (QED) is 0.738. The van der Waals surface area contributed by atoms with E-state index in [-0.39, 0.29) is 0 Å². The number of quaternary nitrogens is 1. The van der Waals surface area contributed by atoms with Crippen LogP contribution in [0.3, 0.4) is 0 Å². The molecule has 116 valence electrons. The molecule has 0 aromatic heterocycles. The van der Waals surface area contributed by atoms with E-state index >= 15 is 0 Å². The molecule has 0 spiro atoms. The van der Waals surface area contributed by atoms with Gasteiger partial charge in [0.2, 0.25) is 0 Å². The van der Waals surface area contributed by atoms with Crippen LogP contribution in [-0.2, 0) is 9.47 Å². The van der Waals surface area contributed by atoms with Crippen LogP contribution < -0.4 is 0 Å². The number of likely N-dealkylation sites (N-methyl/N-ethyl adjacent to an activating group) is 1. The van der Waals surface area contributed by atoms with E-state index in [2.05, 4.69) is 27.8 Å². The van der Waals surface area contributed by atoms with Crippen molar-refractivity contribution >= 4 is 0 Å². The van der Waals surface area contributed by atoms with Gasteiger partial charge in [-0.15, -0.1) is 0 Å². The fourth-order valence-electron chi connectivity index (χ4n) is 4.80. The fraction of sp³-hybridized carbons (Fsp3) is 1.00. The van der Waals surface area contributed by atoms with Gasteiger partial charge in [-0.25, -0.2) is 0 Å². The SMILES string of the molecule is CC1(C)[C@H]2CC[C@]1(C)[C@@H](OCC[N+]1(C)CCOCC1)C2. The average Bonchev–Trinajstić information content (AvgIpc) is 2.72. The van der Waals surface area contributed by atoms with Crippen LogP contribution in [0.1, 0.15) is 40.0 Å². The van der Waals surface area contributed by atoms with Gasteiger partial charge >= 0.3 is 0 Å². The first-order valence-electron chi connectivity index (χ1n) is 8.40. The number of ether oxygens (including phenoxy) is 2. The van der Waals surface area contributed by atoms with Crippen LogP contribution in [-0.4, -0.2) is 57.1 Å². The van der Waals surface area contributed by atoms with Crippen molar-refractivity contribution in [3.05, 3.63) is 0 Å². The molecule has 2 aliphatic carbocycles. The van der Waals surface area contributed by atoms with E-state index in [1.807, 2.05) is 0 Å². The summed E-state index contributed by atoms with van der Waals surface area (Å²) < 4.78 is 13.0. The van der Waals surface area contributed by atoms with Crippen molar-refractivity contribution in [2.75, 3.05) is 46.5 Å². The van der Waals surface area contributed by atoms with Crippen molar-refractivity contribution in [2.24, 2.45) is 16.7 Å². The second-order valence-corrected chi connectivity index (χ2v) is 8.37. The molecule has 3 fully saturated rings. The summed E-state index contributed by atoms with van der Waals surface area (Å²) in [7, 11) is 2.35. The predicted molar refractivity (Wildman–Crippen MR) is 80.6 cm³/mol. The third-order valence-electron chi connectivity index (χ3n) is 7.22. The lowest BCUT2D eigenvalue weighted by atomic mass is 9.70. The van der Waals surface area contributed by atoms with Gasteiger partial charge in [-0.2, -0.15) is 0 Å².